The third-order valence-electron chi connectivity index (χ3n) is 5.41. The standard InChI is InChI=1S/C17H15ClF3N7/c1-9-24-25-16-15(22-2-3-26(9)16)28-8-11-5-12(28)7-27(11)14-13(18)4-10(6-23-14)17(19,20)21/h2-4,6,11-12H,5,7-8H2,1H3. The van der Waals surface area contributed by atoms with Gasteiger partial charge in [-0.1, -0.05) is 11.6 Å². The maximum Gasteiger partial charge on any atom is 0.417 e. The van der Waals surface area contributed by atoms with Crippen LogP contribution in [0.4, 0.5) is 24.8 Å². The molecule has 0 amide bonds. The molecule has 7 nitrogen and oxygen atoms in total. The maximum atomic E-state index is 12.9. The van der Waals surface area contributed by atoms with E-state index in [2.05, 4.69) is 25.1 Å². The summed E-state index contributed by atoms with van der Waals surface area (Å²) in [5.74, 6) is 1.94. The fourth-order valence-corrected chi connectivity index (χ4v) is 4.39. The number of anilines is 2. The first kappa shape index (κ1) is 17.5. The Morgan fingerprint density at radius 2 is 1.79 bits per heavy atom. The average Bonchev–Trinajstić information content (AvgIpc) is 3.35. The number of alkyl halides is 3. The lowest BCUT2D eigenvalue weighted by atomic mass is 10.2. The minimum Gasteiger partial charge on any atom is -0.348 e. The van der Waals surface area contributed by atoms with E-state index in [9.17, 15) is 13.2 Å². The molecule has 2 aliphatic rings. The number of pyridine rings is 1. The Labute approximate surface area is 162 Å². The van der Waals surface area contributed by atoms with Crippen LogP contribution >= 0.6 is 11.6 Å². The van der Waals surface area contributed by atoms with Crippen molar-refractivity contribution in [2.45, 2.75) is 31.6 Å². The first-order valence-corrected chi connectivity index (χ1v) is 9.13. The number of aromatic nitrogens is 5. The predicted octanol–water partition coefficient (Wildman–Crippen LogP) is 2.97. The number of fused-ring (bicyclic) bond motifs is 3. The van der Waals surface area contributed by atoms with Gasteiger partial charge in [-0.2, -0.15) is 13.2 Å². The topological polar surface area (TPSA) is 62.5 Å². The van der Waals surface area contributed by atoms with Crippen molar-refractivity contribution >= 4 is 28.9 Å². The number of nitrogens with zero attached hydrogens (tertiary/aromatic N) is 7. The van der Waals surface area contributed by atoms with E-state index in [1.165, 1.54) is 0 Å². The zero-order chi connectivity index (χ0) is 19.6. The molecular formula is C17H15ClF3N7. The predicted molar refractivity (Wildman–Crippen MR) is 96.7 cm³/mol. The molecule has 3 aromatic heterocycles. The highest BCUT2D eigenvalue weighted by atomic mass is 35.5. The summed E-state index contributed by atoms with van der Waals surface area (Å²) in [4.78, 5) is 12.7. The fourth-order valence-electron chi connectivity index (χ4n) is 4.11. The molecule has 0 spiro atoms. The second-order valence-corrected chi connectivity index (χ2v) is 7.47. The van der Waals surface area contributed by atoms with Gasteiger partial charge in [0, 0.05) is 31.7 Å². The Morgan fingerprint density at radius 1 is 1.07 bits per heavy atom. The van der Waals surface area contributed by atoms with Gasteiger partial charge in [0.15, 0.2) is 5.82 Å². The summed E-state index contributed by atoms with van der Waals surface area (Å²) in [5.41, 5.74) is -0.143. The van der Waals surface area contributed by atoms with Crippen molar-refractivity contribution in [2.75, 3.05) is 22.9 Å². The van der Waals surface area contributed by atoms with E-state index < -0.39 is 11.7 Å². The summed E-state index contributed by atoms with van der Waals surface area (Å²) in [5, 5.41) is 8.35. The van der Waals surface area contributed by atoms with Gasteiger partial charge in [0.05, 0.1) is 22.7 Å². The van der Waals surface area contributed by atoms with Gasteiger partial charge in [-0.3, -0.25) is 4.40 Å². The smallest absolute Gasteiger partial charge is 0.348 e. The van der Waals surface area contributed by atoms with Crippen LogP contribution in [0.5, 0.6) is 0 Å². The second-order valence-electron chi connectivity index (χ2n) is 7.07. The zero-order valence-electron chi connectivity index (χ0n) is 14.7. The fraction of sp³-hybridized carbons (Fsp3) is 0.412. The van der Waals surface area contributed by atoms with Gasteiger partial charge < -0.3 is 9.80 Å². The summed E-state index contributed by atoms with van der Waals surface area (Å²) in [6.45, 7) is 3.15. The summed E-state index contributed by atoms with van der Waals surface area (Å²) < 4.78 is 40.5. The third kappa shape index (κ3) is 2.58. The molecule has 5 rings (SSSR count). The maximum absolute atomic E-state index is 12.9. The average molecular weight is 410 g/mol. The first-order valence-electron chi connectivity index (χ1n) is 8.75. The molecule has 28 heavy (non-hydrogen) atoms. The van der Waals surface area contributed by atoms with E-state index in [0.717, 1.165) is 30.3 Å². The number of piperazine rings is 1. The van der Waals surface area contributed by atoms with Gasteiger partial charge in [-0.15, -0.1) is 10.2 Å². The molecule has 2 atom stereocenters. The Kier molecular flexibility index (Phi) is 3.71. The lowest BCUT2D eigenvalue weighted by Gasteiger charge is -2.35. The molecule has 5 heterocycles. The van der Waals surface area contributed by atoms with Crippen LogP contribution in [0.25, 0.3) is 5.65 Å². The Hall–Kier alpha value is -2.62. The van der Waals surface area contributed by atoms with Crippen molar-refractivity contribution in [1.29, 1.82) is 0 Å². The van der Waals surface area contributed by atoms with Gasteiger partial charge in [-0.25, -0.2) is 9.97 Å². The van der Waals surface area contributed by atoms with Crippen molar-refractivity contribution < 1.29 is 13.2 Å². The van der Waals surface area contributed by atoms with Crippen molar-refractivity contribution in [3.05, 3.63) is 41.1 Å². The summed E-state index contributed by atoms with van der Waals surface area (Å²) in [6.07, 6.45) is 0.773. The van der Waals surface area contributed by atoms with Crippen molar-refractivity contribution in [3.8, 4) is 0 Å². The lowest BCUT2D eigenvalue weighted by Crippen LogP contribution is -2.47. The highest BCUT2D eigenvalue weighted by Crippen LogP contribution is 2.40. The second kappa shape index (κ2) is 5.94. The highest BCUT2D eigenvalue weighted by Gasteiger charge is 2.46. The molecule has 0 aromatic carbocycles. The van der Waals surface area contributed by atoms with Crippen LogP contribution in [0.3, 0.4) is 0 Å². The van der Waals surface area contributed by atoms with Gasteiger partial charge in [-0.05, 0) is 19.4 Å². The molecule has 2 unspecified atom stereocenters. The summed E-state index contributed by atoms with van der Waals surface area (Å²) in [7, 11) is 0. The van der Waals surface area contributed by atoms with Crippen LogP contribution < -0.4 is 9.80 Å². The van der Waals surface area contributed by atoms with Crippen molar-refractivity contribution in [1.82, 2.24) is 24.6 Å². The van der Waals surface area contributed by atoms with E-state index in [4.69, 9.17) is 11.6 Å². The molecule has 0 saturated carbocycles. The molecule has 2 aliphatic heterocycles. The minimum atomic E-state index is -4.46. The Balaban J connectivity index is 1.42. The molecule has 0 aliphatic carbocycles. The molecule has 0 N–H and O–H groups in total. The highest BCUT2D eigenvalue weighted by molar-refractivity contribution is 6.33. The summed E-state index contributed by atoms with van der Waals surface area (Å²) >= 11 is 6.14. The molecule has 0 radical (unpaired) electrons. The van der Waals surface area contributed by atoms with Crippen molar-refractivity contribution in [3.63, 3.8) is 0 Å². The normalized spacial score (nSPS) is 21.9. The third-order valence-corrected chi connectivity index (χ3v) is 5.69. The van der Waals surface area contributed by atoms with Crippen LogP contribution in [0.2, 0.25) is 5.02 Å². The molecule has 2 fully saturated rings. The van der Waals surface area contributed by atoms with Gasteiger partial charge in [0.25, 0.3) is 0 Å². The molecular weight excluding hydrogens is 395 g/mol. The molecule has 3 aromatic rings. The minimum absolute atomic E-state index is 0.0160. The number of halogens is 4. The van der Waals surface area contributed by atoms with Crippen molar-refractivity contribution in [2.24, 2.45) is 0 Å². The molecule has 146 valence electrons. The SMILES string of the molecule is Cc1nnc2c(N3CC4CC3CN4c3ncc(C(F)(F)F)cc3Cl)nccn12. The van der Waals surface area contributed by atoms with E-state index >= 15 is 0 Å². The quantitative estimate of drug-likeness (QED) is 0.648. The van der Waals surface area contributed by atoms with Gasteiger partial charge >= 0.3 is 6.18 Å². The number of aryl methyl sites for hydroxylation is 1. The van der Waals surface area contributed by atoms with E-state index in [0.29, 0.717) is 24.6 Å². The van der Waals surface area contributed by atoms with Gasteiger partial charge in [0.1, 0.15) is 11.6 Å². The van der Waals surface area contributed by atoms with Gasteiger partial charge in [0.2, 0.25) is 5.65 Å². The number of hydrogen-bond donors (Lipinski definition) is 0. The van der Waals surface area contributed by atoms with E-state index in [1.54, 1.807) is 6.20 Å². The number of rotatable bonds is 2. The molecule has 2 bridgehead atoms. The monoisotopic (exact) mass is 409 g/mol. The molecule has 11 heteroatoms. The van der Waals surface area contributed by atoms with Crippen LogP contribution in [0.1, 0.15) is 17.8 Å². The Morgan fingerprint density at radius 3 is 2.43 bits per heavy atom. The van der Waals surface area contributed by atoms with E-state index in [-0.39, 0.29) is 17.1 Å². The van der Waals surface area contributed by atoms with Crippen LogP contribution in [-0.2, 0) is 6.18 Å². The number of hydrogen-bond acceptors (Lipinski definition) is 6. The van der Waals surface area contributed by atoms with Crippen LogP contribution in [0, 0.1) is 6.92 Å². The molecule has 2 saturated heterocycles. The lowest BCUT2D eigenvalue weighted by molar-refractivity contribution is -0.137. The van der Waals surface area contributed by atoms with Crippen LogP contribution in [0.15, 0.2) is 24.7 Å². The van der Waals surface area contributed by atoms with E-state index in [1.807, 2.05) is 22.4 Å². The first-order chi connectivity index (χ1) is 13.3. The van der Waals surface area contributed by atoms with Crippen LogP contribution in [-0.4, -0.2) is 49.7 Å². The largest absolute Gasteiger partial charge is 0.417 e. The zero-order valence-corrected chi connectivity index (χ0v) is 15.5. The summed E-state index contributed by atoms with van der Waals surface area (Å²) in [6, 6.07) is 1.19. The Bertz CT molecular complexity index is 1070.